The first-order valence-electron chi connectivity index (χ1n) is 6.03. The van der Waals surface area contributed by atoms with Crippen molar-refractivity contribution < 1.29 is 14.7 Å². The van der Waals surface area contributed by atoms with E-state index in [4.69, 9.17) is 4.74 Å². The molecule has 0 saturated heterocycles. The van der Waals surface area contributed by atoms with E-state index < -0.39 is 6.09 Å². The number of benzene rings is 2. The van der Waals surface area contributed by atoms with Crippen LogP contribution in [0, 0.1) is 0 Å². The van der Waals surface area contributed by atoms with Gasteiger partial charge >= 0.3 is 6.09 Å². The number of amides is 1. The summed E-state index contributed by atoms with van der Waals surface area (Å²) >= 11 is 0. The van der Waals surface area contributed by atoms with Gasteiger partial charge in [0.1, 0.15) is 5.75 Å². The van der Waals surface area contributed by atoms with E-state index in [1.807, 2.05) is 36.4 Å². The molecule has 19 heavy (non-hydrogen) atoms. The molecule has 0 saturated carbocycles. The Hall–Kier alpha value is -2.33. The summed E-state index contributed by atoms with van der Waals surface area (Å²) in [4.78, 5) is 11.6. The normalized spacial score (nSPS) is 9.95. The summed E-state index contributed by atoms with van der Waals surface area (Å²) in [5, 5.41) is 10.2. The van der Waals surface area contributed by atoms with Crippen LogP contribution < -0.4 is 4.74 Å². The fourth-order valence-electron chi connectivity index (χ4n) is 1.61. The Balaban J connectivity index is 1.83. The van der Waals surface area contributed by atoms with E-state index in [9.17, 15) is 10.0 Å². The van der Waals surface area contributed by atoms with Gasteiger partial charge in [0.05, 0.1) is 6.54 Å². The summed E-state index contributed by atoms with van der Waals surface area (Å²) in [6, 6.07) is 18.3. The van der Waals surface area contributed by atoms with Crippen LogP contribution in [0.1, 0.15) is 5.56 Å². The molecule has 0 fully saturated rings. The highest BCUT2D eigenvalue weighted by molar-refractivity contribution is 5.69. The molecular weight excluding hydrogens is 242 g/mol. The summed E-state index contributed by atoms with van der Waals surface area (Å²) in [5.41, 5.74) is 1.05. The second kappa shape index (κ2) is 6.56. The first kappa shape index (κ1) is 13.1. The fraction of sp³-hybridized carbons (Fsp3) is 0.133. The van der Waals surface area contributed by atoms with Gasteiger partial charge in [0.15, 0.2) is 0 Å². The molecule has 0 aliphatic carbocycles. The van der Waals surface area contributed by atoms with Gasteiger partial charge < -0.3 is 4.74 Å². The van der Waals surface area contributed by atoms with Crippen molar-refractivity contribution in [2.24, 2.45) is 0 Å². The number of nitrogens with zero attached hydrogens (tertiary/aromatic N) is 1. The molecular formula is C15H15NO3. The van der Waals surface area contributed by atoms with Crippen LogP contribution in [0.15, 0.2) is 60.7 Å². The van der Waals surface area contributed by atoms with Gasteiger partial charge in [-0.3, -0.25) is 5.21 Å². The first-order valence-corrected chi connectivity index (χ1v) is 6.03. The van der Waals surface area contributed by atoms with Crippen LogP contribution in [0.25, 0.3) is 0 Å². The van der Waals surface area contributed by atoms with E-state index in [1.54, 1.807) is 24.3 Å². The summed E-state index contributed by atoms with van der Waals surface area (Å²) in [6.45, 7) is 0.190. The van der Waals surface area contributed by atoms with E-state index >= 15 is 0 Å². The highest BCUT2D eigenvalue weighted by atomic mass is 16.6. The Bertz CT molecular complexity index is 513. The zero-order chi connectivity index (χ0) is 13.5. The van der Waals surface area contributed by atoms with Gasteiger partial charge in [0, 0.05) is 0 Å². The molecule has 0 atom stereocenters. The highest BCUT2D eigenvalue weighted by Gasteiger charge is 2.12. The first-order chi connectivity index (χ1) is 9.25. The lowest BCUT2D eigenvalue weighted by molar-refractivity contribution is -0.0592. The van der Waals surface area contributed by atoms with Crippen LogP contribution in [-0.4, -0.2) is 22.9 Å². The predicted molar refractivity (Wildman–Crippen MR) is 71.1 cm³/mol. The Kier molecular flexibility index (Phi) is 4.53. The standard InChI is InChI=1S/C15H15NO3/c17-15(19-14-9-5-2-6-10-14)16(18)12-11-13-7-3-1-4-8-13/h1-10,18H,11-12H2. The second-order valence-electron chi connectivity index (χ2n) is 4.04. The van der Waals surface area contributed by atoms with Crippen LogP contribution in [0.4, 0.5) is 4.79 Å². The Labute approximate surface area is 111 Å². The number of hydrogen-bond acceptors (Lipinski definition) is 3. The number of carbonyl (C=O) groups is 1. The van der Waals surface area contributed by atoms with Gasteiger partial charge in [0.2, 0.25) is 0 Å². The van der Waals surface area contributed by atoms with Crippen molar-refractivity contribution in [1.82, 2.24) is 5.06 Å². The third kappa shape index (κ3) is 4.12. The van der Waals surface area contributed by atoms with Crippen molar-refractivity contribution in [2.75, 3.05) is 6.54 Å². The average molecular weight is 257 g/mol. The maximum atomic E-state index is 11.6. The number of para-hydroxylation sites is 1. The number of hydrogen-bond donors (Lipinski definition) is 1. The lowest BCUT2D eigenvalue weighted by Crippen LogP contribution is -2.32. The molecule has 2 rings (SSSR count). The van der Waals surface area contributed by atoms with Crippen molar-refractivity contribution in [3.05, 3.63) is 66.2 Å². The van der Waals surface area contributed by atoms with Gasteiger partial charge in [0.25, 0.3) is 0 Å². The third-order valence-corrected chi connectivity index (χ3v) is 2.61. The number of carbonyl (C=O) groups excluding carboxylic acids is 1. The third-order valence-electron chi connectivity index (χ3n) is 2.61. The number of hydroxylamine groups is 2. The molecule has 98 valence electrons. The smallest absolute Gasteiger partial charge is 0.409 e. The maximum Gasteiger partial charge on any atom is 0.439 e. The average Bonchev–Trinajstić information content (AvgIpc) is 2.47. The summed E-state index contributed by atoms with van der Waals surface area (Å²) < 4.78 is 5.00. The topological polar surface area (TPSA) is 49.8 Å². The van der Waals surface area contributed by atoms with E-state index in [0.717, 1.165) is 5.56 Å². The highest BCUT2D eigenvalue weighted by Crippen LogP contribution is 2.10. The molecule has 0 aliphatic rings. The Morgan fingerprint density at radius 2 is 1.58 bits per heavy atom. The molecule has 2 aromatic carbocycles. The quantitative estimate of drug-likeness (QED) is 0.676. The second-order valence-corrected chi connectivity index (χ2v) is 4.04. The van der Waals surface area contributed by atoms with Gasteiger partial charge in [-0.25, -0.2) is 4.79 Å². The lowest BCUT2D eigenvalue weighted by atomic mass is 10.1. The maximum absolute atomic E-state index is 11.6. The Morgan fingerprint density at radius 3 is 2.21 bits per heavy atom. The van der Waals surface area contributed by atoms with Crippen LogP contribution in [-0.2, 0) is 6.42 Å². The van der Waals surface area contributed by atoms with Crippen LogP contribution >= 0.6 is 0 Å². The minimum atomic E-state index is -0.776. The minimum Gasteiger partial charge on any atom is -0.409 e. The Morgan fingerprint density at radius 1 is 1.00 bits per heavy atom. The van der Waals surface area contributed by atoms with E-state index in [0.29, 0.717) is 17.2 Å². The van der Waals surface area contributed by atoms with Crippen molar-refractivity contribution >= 4 is 6.09 Å². The zero-order valence-corrected chi connectivity index (χ0v) is 10.4. The summed E-state index contributed by atoms with van der Waals surface area (Å²) in [7, 11) is 0. The molecule has 0 aromatic heterocycles. The van der Waals surface area contributed by atoms with Crippen molar-refractivity contribution in [3.8, 4) is 5.75 Å². The van der Waals surface area contributed by atoms with Crippen molar-refractivity contribution in [3.63, 3.8) is 0 Å². The predicted octanol–water partition coefficient (Wildman–Crippen LogP) is 3.12. The molecule has 0 heterocycles. The molecule has 2 aromatic rings. The fourth-order valence-corrected chi connectivity index (χ4v) is 1.61. The molecule has 1 amide bonds. The molecule has 0 spiro atoms. The molecule has 0 aliphatic heterocycles. The van der Waals surface area contributed by atoms with Gasteiger partial charge in [-0.2, -0.15) is 5.06 Å². The van der Waals surface area contributed by atoms with Gasteiger partial charge in [-0.1, -0.05) is 48.5 Å². The van der Waals surface area contributed by atoms with Crippen molar-refractivity contribution in [2.45, 2.75) is 6.42 Å². The van der Waals surface area contributed by atoms with Crippen LogP contribution in [0.2, 0.25) is 0 Å². The molecule has 4 heteroatoms. The van der Waals surface area contributed by atoms with Crippen LogP contribution in [0.3, 0.4) is 0 Å². The number of ether oxygens (including phenoxy) is 1. The van der Waals surface area contributed by atoms with E-state index in [2.05, 4.69) is 0 Å². The largest absolute Gasteiger partial charge is 0.439 e. The van der Waals surface area contributed by atoms with Gasteiger partial charge in [-0.05, 0) is 24.1 Å². The van der Waals surface area contributed by atoms with Crippen molar-refractivity contribution in [1.29, 1.82) is 0 Å². The SMILES string of the molecule is O=C(Oc1ccccc1)N(O)CCc1ccccc1. The molecule has 0 bridgehead atoms. The van der Waals surface area contributed by atoms with Gasteiger partial charge in [-0.15, -0.1) is 0 Å². The zero-order valence-electron chi connectivity index (χ0n) is 10.4. The monoisotopic (exact) mass is 257 g/mol. The van der Waals surface area contributed by atoms with Crippen LogP contribution in [0.5, 0.6) is 5.75 Å². The minimum absolute atomic E-state index is 0.190. The summed E-state index contributed by atoms with van der Waals surface area (Å²) in [5.74, 6) is 0.409. The lowest BCUT2D eigenvalue weighted by Gasteiger charge is -2.14. The molecule has 4 nitrogen and oxygen atoms in total. The molecule has 0 radical (unpaired) electrons. The van der Waals surface area contributed by atoms with E-state index in [1.165, 1.54) is 0 Å². The van der Waals surface area contributed by atoms with E-state index in [-0.39, 0.29) is 6.54 Å². The summed E-state index contributed by atoms with van der Waals surface area (Å²) in [6.07, 6.45) is -0.205. The number of rotatable bonds is 4. The molecule has 1 N–H and O–H groups in total. The molecule has 0 unspecified atom stereocenters.